The minimum absolute atomic E-state index is 0.104. The van der Waals surface area contributed by atoms with E-state index in [-0.39, 0.29) is 18.4 Å². The second-order valence-electron chi connectivity index (χ2n) is 6.32. The number of likely N-dealkylation sites (tertiary alicyclic amines) is 1. The van der Waals surface area contributed by atoms with Gasteiger partial charge in [0.25, 0.3) is 0 Å². The zero-order chi connectivity index (χ0) is 15.3. The van der Waals surface area contributed by atoms with Gasteiger partial charge in [-0.2, -0.15) is 0 Å². The summed E-state index contributed by atoms with van der Waals surface area (Å²) in [7, 11) is 0. The molecule has 1 unspecified atom stereocenters. The highest BCUT2D eigenvalue weighted by molar-refractivity contribution is 5.85. The molecule has 0 aromatic heterocycles. The smallest absolute Gasteiger partial charge is 0.408 e. The van der Waals surface area contributed by atoms with Crippen molar-refractivity contribution in [3.8, 4) is 0 Å². The summed E-state index contributed by atoms with van der Waals surface area (Å²) in [6, 6.07) is -0.601. The van der Waals surface area contributed by atoms with E-state index in [4.69, 9.17) is 9.84 Å². The fourth-order valence-electron chi connectivity index (χ4n) is 2.16. The molecule has 116 valence electrons. The molecule has 0 aromatic carbocycles. The highest BCUT2D eigenvalue weighted by atomic mass is 16.6. The van der Waals surface area contributed by atoms with Crippen LogP contribution >= 0.6 is 0 Å². The predicted molar refractivity (Wildman–Crippen MR) is 75.2 cm³/mol. The van der Waals surface area contributed by atoms with Crippen LogP contribution in [0.25, 0.3) is 0 Å². The summed E-state index contributed by atoms with van der Waals surface area (Å²) in [6.07, 6.45) is 1.03. The van der Waals surface area contributed by atoms with Crippen molar-refractivity contribution in [2.45, 2.75) is 52.2 Å². The van der Waals surface area contributed by atoms with Gasteiger partial charge in [0.2, 0.25) is 5.91 Å². The molecule has 0 radical (unpaired) electrons. The van der Waals surface area contributed by atoms with Gasteiger partial charge in [-0.1, -0.05) is 0 Å². The van der Waals surface area contributed by atoms with Crippen LogP contribution in [0.3, 0.4) is 0 Å². The van der Waals surface area contributed by atoms with E-state index in [0.29, 0.717) is 13.1 Å². The molecule has 1 aliphatic rings. The van der Waals surface area contributed by atoms with Gasteiger partial charge in [0.15, 0.2) is 0 Å². The third kappa shape index (κ3) is 5.36. The van der Waals surface area contributed by atoms with Gasteiger partial charge >= 0.3 is 6.09 Å². The van der Waals surface area contributed by atoms with Crippen LogP contribution in [-0.2, 0) is 9.53 Å². The van der Waals surface area contributed by atoms with Gasteiger partial charge in [-0.05, 0) is 46.5 Å². The average molecular weight is 286 g/mol. The molecular weight excluding hydrogens is 260 g/mol. The summed E-state index contributed by atoms with van der Waals surface area (Å²) in [6.45, 7) is 8.42. The number of nitrogens with zero attached hydrogens (tertiary/aromatic N) is 1. The van der Waals surface area contributed by atoms with Gasteiger partial charge in [-0.15, -0.1) is 0 Å². The first-order chi connectivity index (χ1) is 9.23. The summed E-state index contributed by atoms with van der Waals surface area (Å²) >= 11 is 0. The fraction of sp³-hybridized carbons (Fsp3) is 0.857. The molecule has 1 atom stereocenters. The Bertz CT molecular complexity index is 344. The Labute approximate surface area is 120 Å². The molecule has 1 aliphatic heterocycles. The number of aliphatic hydroxyl groups excluding tert-OH is 1. The first kappa shape index (κ1) is 16.8. The fourth-order valence-corrected chi connectivity index (χ4v) is 2.16. The largest absolute Gasteiger partial charge is 0.444 e. The van der Waals surface area contributed by atoms with Crippen LogP contribution in [0.15, 0.2) is 0 Å². The van der Waals surface area contributed by atoms with Crippen LogP contribution in [0.5, 0.6) is 0 Å². The van der Waals surface area contributed by atoms with Crippen molar-refractivity contribution >= 4 is 12.0 Å². The molecule has 6 heteroatoms. The topological polar surface area (TPSA) is 78.9 Å². The Morgan fingerprint density at radius 2 is 1.90 bits per heavy atom. The van der Waals surface area contributed by atoms with Crippen LogP contribution < -0.4 is 5.32 Å². The second-order valence-corrected chi connectivity index (χ2v) is 6.32. The zero-order valence-electron chi connectivity index (χ0n) is 12.8. The van der Waals surface area contributed by atoms with E-state index < -0.39 is 17.7 Å². The highest BCUT2D eigenvalue weighted by Gasteiger charge is 2.27. The van der Waals surface area contributed by atoms with E-state index in [9.17, 15) is 9.59 Å². The van der Waals surface area contributed by atoms with Crippen molar-refractivity contribution < 1.29 is 19.4 Å². The number of hydrogen-bond donors (Lipinski definition) is 2. The third-order valence-electron chi connectivity index (χ3n) is 3.29. The number of piperidine rings is 1. The highest BCUT2D eigenvalue weighted by Crippen LogP contribution is 2.17. The standard InChI is InChI=1S/C14H26N2O4/c1-10(15-13(19)20-14(2,3)4)12(18)16-7-5-11(9-17)6-8-16/h10-11,17H,5-9H2,1-4H3,(H,15,19). The van der Waals surface area contributed by atoms with Crippen molar-refractivity contribution in [3.63, 3.8) is 0 Å². The summed E-state index contributed by atoms with van der Waals surface area (Å²) in [5.74, 6) is 0.181. The van der Waals surface area contributed by atoms with E-state index in [1.165, 1.54) is 0 Å². The normalized spacial score (nSPS) is 18.6. The lowest BCUT2D eigenvalue weighted by Crippen LogP contribution is -2.50. The molecule has 2 amide bonds. The van der Waals surface area contributed by atoms with Crippen molar-refractivity contribution in [2.24, 2.45) is 5.92 Å². The minimum Gasteiger partial charge on any atom is -0.444 e. The van der Waals surface area contributed by atoms with Gasteiger partial charge in [-0.25, -0.2) is 4.79 Å². The van der Waals surface area contributed by atoms with Crippen LogP contribution in [0.1, 0.15) is 40.5 Å². The van der Waals surface area contributed by atoms with E-state index in [1.807, 2.05) is 0 Å². The molecular formula is C14H26N2O4. The van der Waals surface area contributed by atoms with E-state index in [1.54, 1.807) is 32.6 Å². The number of amides is 2. The molecule has 20 heavy (non-hydrogen) atoms. The lowest BCUT2D eigenvalue weighted by molar-refractivity contribution is -0.134. The molecule has 0 spiro atoms. The summed E-state index contributed by atoms with van der Waals surface area (Å²) in [5, 5.41) is 11.6. The Kier molecular flexibility index (Phi) is 5.80. The first-order valence-corrected chi connectivity index (χ1v) is 7.12. The number of alkyl carbamates (subject to hydrolysis) is 1. The molecule has 1 saturated heterocycles. The number of aliphatic hydroxyl groups is 1. The number of carbonyl (C=O) groups excluding carboxylic acids is 2. The maximum absolute atomic E-state index is 12.2. The van der Waals surface area contributed by atoms with Gasteiger partial charge in [0.1, 0.15) is 11.6 Å². The molecule has 0 saturated carbocycles. The molecule has 0 aliphatic carbocycles. The molecule has 1 fully saturated rings. The van der Waals surface area contributed by atoms with Crippen molar-refractivity contribution in [2.75, 3.05) is 19.7 Å². The molecule has 2 N–H and O–H groups in total. The van der Waals surface area contributed by atoms with Crippen molar-refractivity contribution in [3.05, 3.63) is 0 Å². The number of carbonyl (C=O) groups is 2. The Balaban J connectivity index is 2.41. The SMILES string of the molecule is CC(NC(=O)OC(C)(C)C)C(=O)N1CCC(CO)CC1. The molecule has 0 aromatic rings. The predicted octanol–water partition coefficient (Wildman–Crippen LogP) is 1.13. The summed E-state index contributed by atoms with van der Waals surface area (Å²) in [4.78, 5) is 25.5. The number of rotatable bonds is 3. The summed E-state index contributed by atoms with van der Waals surface area (Å²) < 4.78 is 5.13. The third-order valence-corrected chi connectivity index (χ3v) is 3.29. The quantitative estimate of drug-likeness (QED) is 0.815. The maximum atomic E-state index is 12.2. The Morgan fingerprint density at radius 1 is 1.35 bits per heavy atom. The molecule has 6 nitrogen and oxygen atoms in total. The van der Waals surface area contributed by atoms with Crippen LogP contribution in [-0.4, -0.2) is 53.3 Å². The maximum Gasteiger partial charge on any atom is 0.408 e. The van der Waals surface area contributed by atoms with Crippen molar-refractivity contribution in [1.82, 2.24) is 10.2 Å². The van der Waals surface area contributed by atoms with E-state index >= 15 is 0 Å². The number of hydrogen-bond acceptors (Lipinski definition) is 4. The lowest BCUT2D eigenvalue weighted by atomic mass is 9.97. The average Bonchev–Trinajstić information content (AvgIpc) is 2.35. The minimum atomic E-state index is -0.601. The second kappa shape index (κ2) is 6.92. The Hall–Kier alpha value is -1.30. The van der Waals surface area contributed by atoms with Gasteiger partial charge < -0.3 is 20.1 Å². The van der Waals surface area contributed by atoms with Crippen LogP contribution in [0.4, 0.5) is 4.79 Å². The molecule has 0 bridgehead atoms. The van der Waals surface area contributed by atoms with Crippen LogP contribution in [0.2, 0.25) is 0 Å². The molecule has 1 rings (SSSR count). The van der Waals surface area contributed by atoms with Gasteiger partial charge in [-0.3, -0.25) is 4.79 Å². The monoisotopic (exact) mass is 286 g/mol. The Morgan fingerprint density at radius 3 is 2.35 bits per heavy atom. The summed E-state index contributed by atoms with van der Waals surface area (Å²) in [5.41, 5.74) is -0.577. The zero-order valence-corrected chi connectivity index (χ0v) is 12.8. The van der Waals surface area contributed by atoms with Crippen molar-refractivity contribution in [1.29, 1.82) is 0 Å². The van der Waals surface area contributed by atoms with Gasteiger partial charge in [0.05, 0.1) is 0 Å². The van der Waals surface area contributed by atoms with Gasteiger partial charge in [0, 0.05) is 19.7 Å². The number of nitrogens with one attached hydrogen (secondary N) is 1. The lowest BCUT2D eigenvalue weighted by Gasteiger charge is -2.33. The number of ether oxygens (including phenoxy) is 1. The van der Waals surface area contributed by atoms with E-state index in [2.05, 4.69) is 5.32 Å². The van der Waals surface area contributed by atoms with E-state index in [0.717, 1.165) is 12.8 Å². The first-order valence-electron chi connectivity index (χ1n) is 7.12. The molecule has 1 heterocycles. The van der Waals surface area contributed by atoms with Crippen LogP contribution in [0, 0.1) is 5.92 Å².